The van der Waals surface area contributed by atoms with E-state index in [0.29, 0.717) is 21.4 Å². The molecule has 9 heteroatoms. The summed E-state index contributed by atoms with van der Waals surface area (Å²) in [6.07, 6.45) is 1.86. The number of nitrogens with one attached hydrogen (secondary N) is 2. The van der Waals surface area contributed by atoms with E-state index in [0.717, 1.165) is 5.56 Å². The molecule has 2 N–H and O–H groups in total. The third-order valence-electron chi connectivity index (χ3n) is 4.66. The highest BCUT2D eigenvalue weighted by Crippen LogP contribution is 2.26. The van der Waals surface area contributed by atoms with Gasteiger partial charge < -0.3 is 19.8 Å². The van der Waals surface area contributed by atoms with E-state index in [1.807, 2.05) is 0 Å². The van der Waals surface area contributed by atoms with Gasteiger partial charge in [0, 0.05) is 28.2 Å². The first-order chi connectivity index (χ1) is 15.4. The van der Waals surface area contributed by atoms with Gasteiger partial charge in [-0.25, -0.2) is 4.79 Å². The monoisotopic (exact) mass is 490 g/mol. The van der Waals surface area contributed by atoms with Crippen LogP contribution in [-0.2, 0) is 22.6 Å². The van der Waals surface area contributed by atoms with Crippen LogP contribution in [0.5, 0.6) is 5.75 Å². The van der Waals surface area contributed by atoms with E-state index >= 15 is 0 Å². The highest BCUT2D eigenvalue weighted by atomic mass is 35.5. The molecule has 0 aliphatic rings. The largest absolute Gasteiger partial charge is 0.489 e. The maximum absolute atomic E-state index is 12.6. The van der Waals surface area contributed by atoms with Crippen LogP contribution in [0.3, 0.4) is 0 Å². The quantitative estimate of drug-likeness (QED) is 0.337. The number of esters is 1. The van der Waals surface area contributed by atoms with Crippen LogP contribution in [0, 0.1) is 4.64 Å². The average Bonchev–Trinajstić information content (AvgIpc) is 2.79. The van der Waals surface area contributed by atoms with E-state index < -0.39 is 17.9 Å². The lowest BCUT2D eigenvalue weighted by Gasteiger charge is -2.17. The summed E-state index contributed by atoms with van der Waals surface area (Å²) >= 11 is 17.5. The summed E-state index contributed by atoms with van der Waals surface area (Å²) < 4.78 is 10.9. The van der Waals surface area contributed by atoms with E-state index in [9.17, 15) is 9.59 Å². The van der Waals surface area contributed by atoms with Crippen molar-refractivity contribution in [2.75, 3.05) is 7.11 Å². The molecule has 0 spiro atoms. The molecule has 0 bridgehead atoms. The van der Waals surface area contributed by atoms with Crippen molar-refractivity contribution in [3.63, 3.8) is 0 Å². The summed E-state index contributed by atoms with van der Waals surface area (Å²) in [5, 5.41) is 3.75. The molecule has 0 fully saturated rings. The minimum atomic E-state index is -0.879. The highest BCUT2D eigenvalue weighted by molar-refractivity contribution is 7.71. The van der Waals surface area contributed by atoms with Gasteiger partial charge in [-0.2, -0.15) is 0 Å². The van der Waals surface area contributed by atoms with Gasteiger partial charge in [-0.05, 0) is 42.0 Å². The highest BCUT2D eigenvalue weighted by Gasteiger charge is 2.23. The summed E-state index contributed by atoms with van der Waals surface area (Å²) in [6, 6.07) is 14.8. The third kappa shape index (κ3) is 6.09. The standard InChI is InChI=1S/C23H20Cl2N2O4S/c1-30-23(29)20(27-21(28)16-4-3-11-26-22(16)32)12-14-7-9-15(10-8-14)31-13-17-18(24)5-2-6-19(17)25/h2-11,20H,12-13H2,1H3,(H,26,32)(H,27,28)/t20-/m0/s1. The van der Waals surface area contributed by atoms with Crippen LogP contribution in [-0.4, -0.2) is 30.0 Å². The number of ether oxygens (including phenoxy) is 2. The van der Waals surface area contributed by atoms with Crippen LogP contribution in [0.4, 0.5) is 0 Å². The van der Waals surface area contributed by atoms with Crippen molar-refractivity contribution in [2.24, 2.45) is 0 Å². The number of rotatable bonds is 8. The molecule has 1 heterocycles. The Bertz CT molecular complexity index is 1140. The van der Waals surface area contributed by atoms with Gasteiger partial charge in [0.1, 0.15) is 23.0 Å². The first-order valence-corrected chi connectivity index (χ1v) is 10.8. The van der Waals surface area contributed by atoms with Crippen LogP contribution < -0.4 is 10.1 Å². The molecule has 6 nitrogen and oxygen atoms in total. The number of aromatic nitrogens is 1. The fourth-order valence-corrected chi connectivity index (χ4v) is 3.69. The van der Waals surface area contributed by atoms with Crippen molar-refractivity contribution in [1.29, 1.82) is 0 Å². The number of benzene rings is 2. The van der Waals surface area contributed by atoms with Crippen molar-refractivity contribution >= 4 is 47.3 Å². The average molecular weight is 491 g/mol. The maximum atomic E-state index is 12.6. The normalized spacial score (nSPS) is 11.5. The molecule has 0 aliphatic heterocycles. The number of pyridine rings is 1. The Kier molecular flexibility index (Phi) is 8.27. The van der Waals surface area contributed by atoms with Crippen molar-refractivity contribution < 1.29 is 19.1 Å². The van der Waals surface area contributed by atoms with Crippen molar-refractivity contribution in [3.05, 3.63) is 92.2 Å². The number of amides is 1. The van der Waals surface area contributed by atoms with Gasteiger partial charge in [0.2, 0.25) is 0 Å². The summed E-state index contributed by atoms with van der Waals surface area (Å²) in [7, 11) is 1.27. The fraction of sp³-hybridized carbons (Fsp3) is 0.174. The molecular formula is C23H20Cl2N2O4S. The molecule has 1 aromatic heterocycles. The summed E-state index contributed by atoms with van der Waals surface area (Å²) in [6.45, 7) is 0.218. The Labute approximate surface area is 200 Å². The number of carbonyl (C=O) groups is 2. The second-order valence-corrected chi connectivity index (χ2v) is 8.02. The number of halogens is 2. The predicted octanol–water partition coefficient (Wildman–Crippen LogP) is 5.14. The van der Waals surface area contributed by atoms with Crippen LogP contribution in [0.2, 0.25) is 10.0 Å². The van der Waals surface area contributed by atoms with Crippen LogP contribution in [0.1, 0.15) is 21.5 Å². The summed E-state index contributed by atoms with van der Waals surface area (Å²) in [5.74, 6) is -0.407. The van der Waals surface area contributed by atoms with Crippen molar-refractivity contribution in [3.8, 4) is 5.75 Å². The minimum absolute atomic E-state index is 0.218. The van der Waals surface area contributed by atoms with E-state index in [4.69, 9.17) is 44.9 Å². The fourth-order valence-electron chi connectivity index (χ4n) is 2.96. The van der Waals surface area contributed by atoms with E-state index in [1.54, 1.807) is 60.8 Å². The second kappa shape index (κ2) is 11.1. The Morgan fingerprint density at radius 3 is 2.38 bits per heavy atom. The number of hydrogen-bond donors (Lipinski definition) is 2. The van der Waals surface area contributed by atoms with Gasteiger partial charge >= 0.3 is 5.97 Å². The van der Waals surface area contributed by atoms with Gasteiger partial charge in [-0.1, -0.05) is 53.6 Å². The molecule has 32 heavy (non-hydrogen) atoms. The van der Waals surface area contributed by atoms with Gasteiger partial charge in [0.05, 0.1) is 12.7 Å². The minimum Gasteiger partial charge on any atom is -0.489 e. The number of methoxy groups -OCH3 is 1. The molecule has 0 aliphatic carbocycles. The molecule has 3 aromatic rings. The Morgan fingerprint density at radius 1 is 1.06 bits per heavy atom. The van der Waals surface area contributed by atoms with Gasteiger partial charge in [-0.15, -0.1) is 0 Å². The lowest BCUT2D eigenvalue weighted by atomic mass is 10.1. The molecule has 0 unspecified atom stereocenters. The van der Waals surface area contributed by atoms with Crippen molar-refractivity contribution in [2.45, 2.75) is 19.1 Å². The smallest absolute Gasteiger partial charge is 0.328 e. The van der Waals surface area contributed by atoms with Crippen LogP contribution in [0.15, 0.2) is 60.8 Å². The zero-order valence-corrected chi connectivity index (χ0v) is 19.4. The molecule has 0 radical (unpaired) electrons. The Balaban J connectivity index is 1.67. The predicted molar refractivity (Wildman–Crippen MR) is 126 cm³/mol. The van der Waals surface area contributed by atoms with Gasteiger partial charge in [0.25, 0.3) is 5.91 Å². The topological polar surface area (TPSA) is 80.4 Å². The molecule has 0 saturated heterocycles. The lowest BCUT2D eigenvalue weighted by molar-refractivity contribution is -0.142. The van der Waals surface area contributed by atoms with E-state index in [-0.39, 0.29) is 23.2 Å². The van der Waals surface area contributed by atoms with Gasteiger partial charge in [-0.3, -0.25) is 4.79 Å². The zero-order chi connectivity index (χ0) is 23.1. The molecule has 1 atom stereocenters. The molecule has 0 saturated carbocycles. The maximum Gasteiger partial charge on any atom is 0.328 e. The molecule has 166 valence electrons. The lowest BCUT2D eigenvalue weighted by Crippen LogP contribution is -2.43. The first-order valence-electron chi connectivity index (χ1n) is 9.60. The summed E-state index contributed by atoms with van der Waals surface area (Å²) in [5.41, 5.74) is 1.79. The number of hydrogen-bond acceptors (Lipinski definition) is 5. The SMILES string of the molecule is COC(=O)[C@H](Cc1ccc(OCc2c(Cl)cccc2Cl)cc1)NC(=O)c1ccc[nH]c1=S. The number of carbonyl (C=O) groups excluding carboxylic acids is 2. The van der Waals surface area contributed by atoms with E-state index in [2.05, 4.69) is 10.3 Å². The van der Waals surface area contributed by atoms with E-state index in [1.165, 1.54) is 7.11 Å². The Morgan fingerprint density at radius 2 is 1.75 bits per heavy atom. The van der Waals surface area contributed by atoms with Gasteiger partial charge in [0.15, 0.2) is 0 Å². The molecular weight excluding hydrogens is 471 g/mol. The first kappa shape index (κ1) is 23.8. The molecule has 1 amide bonds. The third-order valence-corrected chi connectivity index (χ3v) is 5.71. The van der Waals surface area contributed by atoms with Crippen LogP contribution >= 0.6 is 35.4 Å². The number of aromatic amines is 1. The number of H-pyrrole nitrogens is 1. The second-order valence-electron chi connectivity index (χ2n) is 6.80. The summed E-state index contributed by atoms with van der Waals surface area (Å²) in [4.78, 5) is 27.6. The Hall–Kier alpha value is -2.87. The van der Waals surface area contributed by atoms with Crippen LogP contribution in [0.25, 0.3) is 0 Å². The van der Waals surface area contributed by atoms with Crippen molar-refractivity contribution in [1.82, 2.24) is 10.3 Å². The molecule has 3 rings (SSSR count). The zero-order valence-electron chi connectivity index (χ0n) is 17.1. The molecule has 2 aromatic carbocycles.